The van der Waals surface area contributed by atoms with E-state index in [1.807, 2.05) is 31.2 Å². The van der Waals surface area contributed by atoms with Crippen LogP contribution in [0.1, 0.15) is 24.0 Å². The first-order chi connectivity index (χ1) is 8.66. The van der Waals surface area contributed by atoms with Crippen LogP contribution in [0.4, 0.5) is 0 Å². The van der Waals surface area contributed by atoms with Crippen molar-refractivity contribution in [1.29, 1.82) is 0 Å². The van der Waals surface area contributed by atoms with Crippen LogP contribution in [0, 0.1) is 18.8 Å². The van der Waals surface area contributed by atoms with Crippen LogP contribution in [0.15, 0.2) is 24.3 Å². The Kier molecular flexibility index (Phi) is 4.37. The number of carboxylic acids is 1. The highest BCUT2D eigenvalue weighted by molar-refractivity contribution is 5.70. The molecule has 0 bridgehead atoms. The molecule has 1 aliphatic carbocycles. The summed E-state index contributed by atoms with van der Waals surface area (Å²) in [6.07, 6.45) is 3.01. The molecule has 0 saturated heterocycles. The van der Waals surface area contributed by atoms with Crippen molar-refractivity contribution in [1.82, 2.24) is 0 Å². The second-order valence-corrected chi connectivity index (χ2v) is 5.15. The predicted octanol–water partition coefficient (Wildman–Crippen LogP) is 2.66. The van der Waals surface area contributed by atoms with E-state index >= 15 is 0 Å². The zero-order chi connectivity index (χ0) is 13.0. The molecule has 0 radical (unpaired) electrons. The van der Waals surface area contributed by atoms with Gasteiger partial charge in [-0.3, -0.25) is 4.79 Å². The highest BCUT2D eigenvalue weighted by Gasteiger charge is 2.24. The third-order valence-corrected chi connectivity index (χ3v) is 3.45. The van der Waals surface area contributed by atoms with Gasteiger partial charge in [0.15, 0.2) is 0 Å². The van der Waals surface area contributed by atoms with E-state index in [-0.39, 0.29) is 0 Å². The van der Waals surface area contributed by atoms with Crippen molar-refractivity contribution in [2.45, 2.75) is 26.2 Å². The van der Waals surface area contributed by atoms with E-state index in [4.69, 9.17) is 4.74 Å². The average molecular weight is 248 g/mol. The van der Waals surface area contributed by atoms with E-state index in [1.54, 1.807) is 0 Å². The fourth-order valence-electron chi connectivity index (χ4n) is 1.98. The molecule has 2 rings (SSSR count). The van der Waals surface area contributed by atoms with E-state index in [9.17, 15) is 9.90 Å². The quantitative estimate of drug-likeness (QED) is 0.807. The summed E-state index contributed by atoms with van der Waals surface area (Å²) in [7, 11) is 0. The van der Waals surface area contributed by atoms with E-state index in [0.29, 0.717) is 18.9 Å². The molecule has 3 nitrogen and oxygen atoms in total. The Labute approximate surface area is 108 Å². The summed E-state index contributed by atoms with van der Waals surface area (Å²) >= 11 is 0. The van der Waals surface area contributed by atoms with Crippen molar-refractivity contribution >= 4 is 5.97 Å². The predicted molar refractivity (Wildman–Crippen MR) is 69.6 cm³/mol. The van der Waals surface area contributed by atoms with Crippen LogP contribution in [-0.4, -0.2) is 24.3 Å². The molecular formula is C15H20O3. The highest BCUT2D eigenvalue weighted by Crippen LogP contribution is 2.29. The van der Waals surface area contributed by atoms with Crippen molar-refractivity contribution in [3.8, 4) is 0 Å². The largest absolute Gasteiger partial charge is 0.481 e. The summed E-state index contributed by atoms with van der Waals surface area (Å²) in [5.41, 5.74) is 2.24. The van der Waals surface area contributed by atoms with Crippen molar-refractivity contribution in [3.63, 3.8) is 0 Å². The summed E-state index contributed by atoms with van der Waals surface area (Å²) < 4.78 is 5.51. The molecule has 98 valence electrons. The summed E-state index contributed by atoms with van der Waals surface area (Å²) in [6, 6.07) is 7.93. The summed E-state index contributed by atoms with van der Waals surface area (Å²) in [4.78, 5) is 11.2. The molecule has 1 N–H and O–H groups in total. The SMILES string of the molecule is Cc1ccccc1CC(COCC1CC1)C(=O)O. The Balaban J connectivity index is 1.88. The molecule has 1 atom stereocenters. The summed E-state index contributed by atoms with van der Waals surface area (Å²) in [6.45, 7) is 3.05. The number of carboxylic acid groups (broad SMARTS) is 1. The fraction of sp³-hybridized carbons (Fsp3) is 0.533. The number of hydrogen-bond donors (Lipinski definition) is 1. The lowest BCUT2D eigenvalue weighted by Crippen LogP contribution is -2.23. The third-order valence-electron chi connectivity index (χ3n) is 3.45. The molecule has 1 aliphatic rings. The van der Waals surface area contributed by atoms with Gasteiger partial charge in [-0.15, -0.1) is 0 Å². The lowest BCUT2D eigenvalue weighted by Gasteiger charge is -2.14. The van der Waals surface area contributed by atoms with Gasteiger partial charge in [-0.25, -0.2) is 0 Å². The van der Waals surface area contributed by atoms with E-state index in [0.717, 1.165) is 17.7 Å². The number of aryl methyl sites for hydroxylation is 1. The van der Waals surface area contributed by atoms with Crippen LogP contribution < -0.4 is 0 Å². The van der Waals surface area contributed by atoms with Crippen molar-refractivity contribution in [2.24, 2.45) is 11.8 Å². The first-order valence-corrected chi connectivity index (χ1v) is 6.52. The number of hydrogen-bond acceptors (Lipinski definition) is 2. The maximum Gasteiger partial charge on any atom is 0.309 e. The molecule has 0 aromatic heterocycles. The van der Waals surface area contributed by atoms with Gasteiger partial charge in [0.25, 0.3) is 0 Å². The van der Waals surface area contributed by atoms with E-state index < -0.39 is 11.9 Å². The summed E-state index contributed by atoms with van der Waals surface area (Å²) in [5.74, 6) is -0.531. The standard InChI is InChI=1S/C15H20O3/c1-11-4-2-3-5-13(11)8-14(15(16)17)10-18-9-12-6-7-12/h2-5,12,14H,6-10H2,1H3,(H,16,17). The maximum absolute atomic E-state index is 11.2. The molecule has 1 aromatic rings. The Morgan fingerprint density at radius 2 is 2.17 bits per heavy atom. The van der Waals surface area contributed by atoms with Gasteiger partial charge in [0.05, 0.1) is 12.5 Å². The normalized spacial score (nSPS) is 16.5. The lowest BCUT2D eigenvalue weighted by molar-refractivity contribution is -0.143. The molecule has 3 heteroatoms. The van der Waals surface area contributed by atoms with Gasteiger partial charge in [-0.05, 0) is 43.2 Å². The van der Waals surface area contributed by atoms with Crippen LogP contribution >= 0.6 is 0 Å². The minimum absolute atomic E-state index is 0.320. The lowest BCUT2D eigenvalue weighted by atomic mass is 9.97. The number of rotatable bonds is 7. The Morgan fingerprint density at radius 1 is 1.44 bits per heavy atom. The Bertz CT molecular complexity index is 410. The Hall–Kier alpha value is -1.35. The van der Waals surface area contributed by atoms with Crippen LogP contribution in [0.25, 0.3) is 0 Å². The fourth-order valence-corrected chi connectivity index (χ4v) is 1.98. The average Bonchev–Trinajstić information content (AvgIpc) is 3.14. The summed E-state index contributed by atoms with van der Waals surface area (Å²) in [5, 5.41) is 9.23. The molecule has 18 heavy (non-hydrogen) atoms. The zero-order valence-corrected chi connectivity index (χ0v) is 10.8. The van der Waals surface area contributed by atoms with Crippen LogP contribution in [-0.2, 0) is 16.0 Å². The number of ether oxygens (including phenoxy) is 1. The number of aliphatic carboxylic acids is 1. The molecule has 0 amide bonds. The topological polar surface area (TPSA) is 46.5 Å². The van der Waals surface area contributed by atoms with E-state index in [2.05, 4.69) is 0 Å². The van der Waals surface area contributed by atoms with Crippen LogP contribution in [0.5, 0.6) is 0 Å². The monoisotopic (exact) mass is 248 g/mol. The molecule has 1 saturated carbocycles. The first-order valence-electron chi connectivity index (χ1n) is 6.52. The molecule has 1 aromatic carbocycles. The molecule has 1 fully saturated rings. The second-order valence-electron chi connectivity index (χ2n) is 5.15. The van der Waals surface area contributed by atoms with Crippen LogP contribution in [0.3, 0.4) is 0 Å². The van der Waals surface area contributed by atoms with Crippen molar-refractivity contribution < 1.29 is 14.6 Å². The van der Waals surface area contributed by atoms with Crippen LogP contribution in [0.2, 0.25) is 0 Å². The minimum Gasteiger partial charge on any atom is -0.481 e. The molecule has 0 spiro atoms. The third kappa shape index (κ3) is 3.84. The zero-order valence-electron chi connectivity index (χ0n) is 10.8. The van der Waals surface area contributed by atoms with Crippen molar-refractivity contribution in [3.05, 3.63) is 35.4 Å². The van der Waals surface area contributed by atoms with Gasteiger partial charge in [-0.1, -0.05) is 24.3 Å². The minimum atomic E-state index is -0.769. The molecule has 1 unspecified atom stereocenters. The van der Waals surface area contributed by atoms with Gasteiger partial charge in [0.2, 0.25) is 0 Å². The van der Waals surface area contributed by atoms with Gasteiger partial charge >= 0.3 is 5.97 Å². The van der Waals surface area contributed by atoms with E-state index in [1.165, 1.54) is 12.8 Å². The molecular weight excluding hydrogens is 228 g/mol. The van der Waals surface area contributed by atoms with Gasteiger partial charge in [-0.2, -0.15) is 0 Å². The van der Waals surface area contributed by atoms with Gasteiger partial charge in [0, 0.05) is 6.61 Å². The highest BCUT2D eigenvalue weighted by atomic mass is 16.5. The smallest absolute Gasteiger partial charge is 0.309 e. The molecule has 0 aliphatic heterocycles. The number of carbonyl (C=O) groups is 1. The second kappa shape index (κ2) is 6.01. The van der Waals surface area contributed by atoms with Gasteiger partial charge in [0.1, 0.15) is 0 Å². The first kappa shape index (κ1) is 13.1. The Morgan fingerprint density at radius 3 is 2.78 bits per heavy atom. The molecule has 0 heterocycles. The maximum atomic E-state index is 11.2. The van der Waals surface area contributed by atoms with Crippen molar-refractivity contribution in [2.75, 3.05) is 13.2 Å². The van der Waals surface area contributed by atoms with Gasteiger partial charge < -0.3 is 9.84 Å². The number of benzene rings is 1.